The van der Waals surface area contributed by atoms with E-state index in [-0.39, 0.29) is 0 Å². The van der Waals surface area contributed by atoms with Crippen LogP contribution in [0.2, 0.25) is 15.1 Å². The number of halogens is 3. The first-order valence-corrected chi connectivity index (χ1v) is 8.04. The highest BCUT2D eigenvalue weighted by molar-refractivity contribution is 6.44. The molecule has 19 heavy (non-hydrogen) atoms. The van der Waals surface area contributed by atoms with Crippen molar-refractivity contribution in [1.29, 1.82) is 0 Å². The summed E-state index contributed by atoms with van der Waals surface area (Å²) in [6, 6.07) is 3.54. The van der Waals surface area contributed by atoms with Crippen molar-refractivity contribution in [3.63, 3.8) is 0 Å². The molecular formula is C15H20Cl3N. The summed E-state index contributed by atoms with van der Waals surface area (Å²) < 4.78 is 0. The van der Waals surface area contributed by atoms with Gasteiger partial charge >= 0.3 is 0 Å². The number of nitrogens with one attached hydrogen (secondary N) is 1. The smallest absolute Gasteiger partial charge is 0.0652 e. The highest BCUT2D eigenvalue weighted by Gasteiger charge is 2.18. The average molecular weight is 321 g/mol. The summed E-state index contributed by atoms with van der Waals surface area (Å²) in [5.41, 5.74) is 0.902. The van der Waals surface area contributed by atoms with Crippen LogP contribution in [-0.2, 0) is 6.54 Å². The van der Waals surface area contributed by atoms with Crippen LogP contribution in [0.5, 0.6) is 0 Å². The number of benzene rings is 1. The molecule has 0 heterocycles. The quantitative estimate of drug-likeness (QED) is 0.716. The van der Waals surface area contributed by atoms with Gasteiger partial charge in [-0.2, -0.15) is 0 Å². The second-order valence-electron chi connectivity index (χ2n) is 5.59. The zero-order valence-electron chi connectivity index (χ0n) is 11.2. The van der Waals surface area contributed by atoms with Crippen LogP contribution in [0, 0.1) is 11.8 Å². The zero-order valence-corrected chi connectivity index (χ0v) is 13.5. The summed E-state index contributed by atoms with van der Waals surface area (Å²) >= 11 is 18.4. The highest BCUT2D eigenvalue weighted by Crippen LogP contribution is 2.32. The van der Waals surface area contributed by atoms with Crippen molar-refractivity contribution < 1.29 is 0 Å². The number of rotatable bonds is 4. The van der Waals surface area contributed by atoms with Gasteiger partial charge in [-0.25, -0.2) is 0 Å². The van der Waals surface area contributed by atoms with Crippen molar-refractivity contribution >= 4 is 34.8 Å². The Bertz CT molecular complexity index is 434. The minimum atomic E-state index is 0.564. The second kappa shape index (κ2) is 7.17. The maximum atomic E-state index is 6.19. The molecule has 0 bridgehead atoms. The van der Waals surface area contributed by atoms with Gasteiger partial charge in [0.05, 0.1) is 10.0 Å². The summed E-state index contributed by atoms with van der Waals surface area (Å²) in [5.74, 6) is 1.64. The largest absolute Gasteiger partial charge is 0.312 e. The molecule has 0 spiro atoms. The zero-order chi connectivity index (χ0) is 13.8. The molecule has 1 aromatic rings. The molecule has 1 nitrogen and oxygen atoms in total. The predicted molar refractivity (Wildman–Crippen MR) is 84.3 cm³/mol. The molecule has 2 unspecified atom stereocenters. The molecule has 1 fully saturated rings. The lowest BCUT2D eigenvalue weighted by atomic mass is 9.82. The van der Waals surface area contributed by atoms with E-state index in [0.29, 0.717) is 21.6 Å². The Morgan fingerprint density at radius 1 is 1.16 bits per heavy atom. The van der Waals surface area contributed by atoms with Crippen LogP contribution in [0.3, 0.4) is 0 Å². The Morgan fingerprint density at radius 2 is 1.89 bits per heavy atom. The SMILES string of the molecule is CC1CCCC(CNCc2c(Cl)ccc(Cl)c2Cl)C1. The van der Waals surface area contributed by atoms with Crippen LogP contribution in [0.25, 0.3) is 0 Å². The molecule has 0 radical (unpaired) electrons. The lowest BCUT2D eigenvalue weighted by Crippen LogP contribution is -2.26. The van der Waals surface area contributed by atoms with E-state index < -0.39 is 0 Å². The van der Waals surface area contributed by atoms with Crippen LogP contribution in [-0.4, -0.2) is 6.54 Å². The third kappa shape index (κ3) is 4.26. The van der Waals surface area contributed by atoms with Gasteiger partial charge in [-0.3, -0.25) is 0 Å². The Kier molecular flexibility index (Phi) is 5.83. The molecule has 4 heteroatoms. The molecule has 1 aliphatic rings. The van der Waals surface area contributed by atoms with Crippen molar-refractivity contribution in [1.82, 2.24) is 5.32 Å². The van der Waals surface area contributed by atoms with Crippen LogP contribution >= 0.6 is 34.8 Å². The average Bonchev–Trinajstić information content (AvgIpc) is 2.38. The Morgan fingerprint density at radius 3 is 2.63 bits per heavy atom. The summed E-state index contributed by atoms with van der Waals surface area (Å²) in [7, 11) is 0. The van der Waals surface area contributed by atoms with Gasteiger partial charge in [0.15, 0.2) is 0 Å². The van der Waals surface area contributed by atoms with Crippen molar-refractivity contribution in [3.8, 4) is 0 Å². The minimum Gasteiger partial charge on any atom is -0.312 e. The lowest BCUT2D eigenvalue weighted by molar-refractivity contribution is 0.274. The topological polar surface area (TPSA) is 12.0 Å². The summed E-state index contributed by atoms with van der Waals surface area (Å²) in [4.78, 5) is 0. The monoisotopic (exact) mass is 319 g/mol. The fourth-order valence-corrected chi connectivity index (χ4v) is 3.56. The summed E-state index contributed by atoms with van der Waals surface area (Å²) in [6.45, 7) is 4.06. The van der Waals surface area contributed by atoms with E-state index in [1.54, 1.807) is 12.1 Å². The Labute approximate surface area is 130 Å². The standard InChI is InChI=1S/C15H20Cl3N/c1-10-3-2-4-11(7-10)8-19-9-12-13(16)5-6-14(17)15(12)18/h5-6,10-11,19H,2-4,7-9H2,1H3. The highest BCUT2D eigenvalue weighted by atomic mass is 35.5. The van der Waals surface area contributed by atoms with E-state index in [0.717, 1.165) is 23.9 Å². The van der Waals surface area contributed by atoms with Gasteiger partial charge in [-0.05, 0) is 43.4 Å². The van der Waals surface area contributed by atoms with Gasteiger partial charge in [0.2, 0.25) is 0 Å². The van der Waals surface area contributed by atoms with Gasteiger partial charge in [-0.1, -0.05) is 54.6 Å². The van der Waals surface area contributed by atoms with E-state index >= 15 is 0 Å². The molecule has 0 aliphatic heterocycles. The van der Waals surface area contributed by atoms with Crippen molar-refractivity contribution in [3.05, 3.63) is 32.8 Å². The predicted octanol–water partition coefficient (Wildman–Crippen LogP) is 5.56. The van der Waals surface area contributed by atoms with E-state index in [1.807, 2.05) is 0 Å². The Hall–Kier alpha value is 0.0500. The minimum absolute atomic E-state index is 0.564. The fraction of sp³-hybridized carbons (Fsp3) is 0.600. The summed E-state index contributed by atoms with van der Waals surface area (Å²) in [5, 5.41) is 5.29. The number of hydrogen-bond acceptors (Lipinski definition) is 1. The van der Waals surface area contributed by atoms with E-state index in [4.69, 9.17) is 34.8 Å². The molecule has 2 rings (SSSR count). The van der Waals surface area contributed by atoms with Crippen molar-refractivity contribution in [2.75, 3.05) is 6.54 Å². The molecule has 0 saturated heterocycles. The van der Waals surface area contributed by atoms with Gasteiger partial charge in [-0.15, -0.1) is 0 Å². The maximum Gasteiger partial charge on any atom is 0.0652 e. The molecule has 1 aliphatic carbocycles. The molecule has 2 atom stereocenters. The van der Waals surface area contributed by atoms with E-state index in [9.17, 15) is 0 Å². The molecule has 1 saturated carbocycles. The lowest BCUT2D eigenvalue weighted by Gasteiger charge is -2.27. The molecule has 0 aromatic heterocycles. The molecular weight excluding hydrogens is 301 g/mol. The van der Waals surface area contributed by atoms with Crippen LogP contribution in [0.4, 0.5) is 0 Å². The van der Waals surface area contributed by atoms with Crippen LogP contribution in [0.1, 0.15) is 38.2 Å². The third-order valence-electron chi connectivity index (χ3n) is 3.92. The number of hydrogen-bond donors (Lipinski definition) is 1. The van der Waals surface area contributed by atoms with E-state index in [1.165, 1.54) is 25.7 Å². The van der Waals surface area contributed by atoms with Gasteiger partial charge < -0.3 is 5.32 Å². The summed E-state index contributed by atoms with van der Waals surface area (Å²) in [6.07, 6.45) is 5.38. The van der Waals surface area contributed by atoms with Gasteiger partial charge in [0.25, 0.3) is 0 Å². The normalized spacial score (nSPS) is 23.6. The molecule has 1 N–H and O–H groups in total. The van der Waals surface area contributed by atoms with E-state index in [2.05, 4.69) is 12.2 Å². The first-order valence-electron chi connectivity index (χ1n) is 6.91. The Balaban J connectivity index is 1.87. The van der Waals surface area contributed by atoms with Gasteiger partial charge in [0.1, 0.15) is 0 Å². The molecule has 106 valence electrons. The van der Waals surface area contributed by atoms with Crippen molar-refractivity contribution in [2.24, 2.45) is 11.8 Å². The molecule has 1 aromatic carbocycles. The van der Waals surface area contributed by atoms with Crippen LogP contribution < -0.4 is 5.32 Å². The van der Waals surface area contributed by atoms with Gasteiger partial charge in [0, 0.05) is 17.1 Å². The van der Waals surface area contributed by atoms with Crippen molar-refractivity contribution in [2.45, 2.75) is 39.2 Å². The first-order chi connectivity index (χ1) is 9.08. The maximum absolute atomic E-state index is 6.19. The van der Waals surface area contributed by atoms with Crippen LogP contribution in [0.15, 0.2) is 12.1 Å². The first kappa shape index (κ1) is 15.4. The second-order valence-corrected chi connectivity index (χ2v) is 6.78. The third-order valence-corrected chi connectivity index (χ3v) is 5.12. The fourth-order valence-electron chi connectivity index (χ4n) is 2.88. The molecule has 0 amide bonds.